The Labute approximate surface area is 126 Å². The Bertz CT molecular complexity index is 537. The lowest BCUT2D eigenvalue weighted by Crippen LogP contribution is -2.63. The minimum absolute atomic E-state index is 0.197. The van der Waals surface area contributed by atoms with E-state index in [0.717, 1.165) is 25.7 Å². The van der Waals surface area contributed by atoms with Gasteiger partial charge in [0.2, 0.25) is 5.91 Å². The maximum Gasteiger partial charge on any atom is 0.239 e. The Morgan fingerprint density at radius 3 is 2.52 bits per heavy atom. The normalized spacial score (nSPS) is 20.9. The smallest absolute Gasteiger partial charge is 0.239 e. The Hall–Kier alpha value is -1.55. The van der Waals surface area contributed by atoms with E-state index in [4.69, 9.17) is 5.73 Å². The largest absolute Gasteiger partial charge is 0.372 e. The molecular weight excluding hydrogens is 262 g/mol. The zero-order valence-electron chi connectivity index (χ0n) is 12.9. The Balaban J connectivity index is 1.83. The molecule has 1 aromatic rings. The maximum absolute atomic E-state index is 12.3. The lowest BCUT2D eigenvalue weighted by Gasteiger charge is -2.37. The van der Waals surface area contributed by atoms with Crippen LogP contribution in [0, 0.1) is 12.8 Å². The van der Waals surface area contributed by atoms with Gasteiger partial charge in [0.1, 0.15) is 5.54 Å². The summed E-state index contributed by atoms with van der Waals surface area (Å²) in [7, 11) is 2.05. The van der Waals surface area contributed by atoms with Crippen molar-refractivity contribution < 1.29 is 4.79 Å². The molecule has 0 aliphatic heterocycles. The van der Waals surface area contributed by atoms with Gasteiger partial charge < -0.3 is 10.6 Å². The molecule has 2 saturated carbocycles. The SMILES string of the molecule is Cc1ccccc1N(C)CC(NC1CC1)(C(N)=O)C1CC1. The zero-order chi connectivity index (χ0) is 15.0. The molecule has 3 rings (SSSR count). The number of aryl methyl sites for hydroxylation is 1. The Morgan fingerprint density at radius 2 is 2.00 bits per heavy atom. The van der Waals surface area contributed by atoms with E-state index in [1.165, 1.54) is 11.3 Å². The number of benzene rings is 1. The van der Waals surface area contributed by atoms with E-state index in [0.29, 0.717) is 18.5 Å². The number of carbonyl (C=O) groups excluding carboxylic acids is 1. The van der Waals surface area contributed by atoms with Crippen LogP contribution in [0.1, 0.15) is 31.2 Å². The van der Waals surface area contributed by atoms with Gasteiger partial charge in [0.05, 0.1) is 0 Å². The van der Waals surface area contributed by atoms with Crippen molar-refractivity contribution in [3.8, 4) is 0 Å². The Morgan fingerprint density at radius 1 is 1.33 bits per heavy atom. The average molecular weight is 287 g/mol. The van der Waals surface area contributed by atoms with Crippen molar-refractivity contribution in [2.24, 2.45) is 11.7 Å². The van der Waals surface area contributed by atoms with Crippen LogP contribution in [0.15, 0.2) is 24.3 Å². The molecule has 4 heteroatoms. The van der Waals surface area contributed by atoms with E-state index in [1.54, 1.807) is 0 Å². The molecule has 1 aromatic carbocycles. The van der Waals surface area contributed by atoms with Gasteiger partial charge >= 0.3 is 0 Å². The van der Waals surface area contributed by atoms with E-state index in [2.05, 4.69) is 36.3 Å². The van der Waals surface area contributed by atoms with Gasteiger partial charge in [0.15, 0.2) is 0 Å². The third kappa shape index (κ3) is 2.91. The second-order valence-electron chi connectivity index (χ2n) is 6.67. The predicted octanol–water partition coefficient (Wildman–Crippen LogP) is 1.82. The minimum Gasteiger partial charge on any atom is -0.372 e. The third-order valence-corrected chi connectivity index (χ3v) is 4.77. The number of anilines is 1. The summed E-state index contributed by atoms with van der Waals surface area (Å²) in [6.07, 6.45) is 4.53. The molecule has 2 aliphatic rings. The second kappa shape index (κ2) is 5.34. The van der Waals surface area contributed by atoms with E-state index >= 15 is 0 Å². The fraction of sp³-hybridized carbons (Fsp3) is 0.588. The first-order valence-corrected chi connectivity index (χ1v) is 7.87. The molecule has 4 nitrogen and oxygen atoms in total. The number of likely N-dealkylation sites (N-methyl/N-ethyl adjacent to an activating group) is 1. The molecule has 2 fully saturated rings. The predicted molar refractivity (Wildman–Crippen MR) is 85.3 cm³/mol. The summed E-state index contributed by atoms with van der Waals surface area (Å²) >= 11 is 0. The molecule has 0 radical (unpaired) electrons. The van der Waals surface area contributed by atoms with Crippen molar-refractivity contribution >= 4 is 11.6 Å². The van der Waals surface area contributed by atoms with Gasteiger partial charge in [-0.1, -0.05) is 18.2 Å². The van der Waals surface area contributed by atoms with Crippen LogP contribution in [0.5, 0.6) is 0 Å². The number of nitrogens with zero attached hydrogens (tertiary/aromatic N) is 1. The van der Waals surface area contributed by atoms with Crippen molar-refractivity contribution in [2.45, 2.75) is 44.2 Å². The fourth-order valence-corrected chi connectivity index (χ4v) is 3.26. The Kier molecular flexibility index (Phi) is 3.66. The van der Waals surface area contributed by atoms with Crippen LogP contribution in [0.4, 0.5) is 5.69 Å². The highest BCUT2D eigenvalue weighted by molar-refractivity contribution is 5.86. The topological polar surface area (TPSA) is 58.4 Å². The molecule has 1 atom stereocenters. The number of carbonyl (C=O) groups is 1. The van der Waals surface area contributed by atoms with Gasteiger partial charge in [-0.05, 0) is 50.2 Å². The first-order valence-electron chi connectivity index (χ1n) is 7.87. The molecule has 0 bridgehead atoms. The first-order chi connectivity index (χ1) is 10.0. The number of amides is 1. The van der Waals surface area contributed by atoms with Crippen LogP contribution < -0.4 is 16.0 Å². The number of nitrogens with two attached hydrogens (primary N) is 1. The van der Waals surface area contributed by atoms with Crippen molar-refractivity contribution in [1.29, 1.82) is 0 Å². The summed E-state index contributed by atoms with van der Waals surface area (Å²) in [5.74, 6) is 0.194. The minimum atomic E-state index is -0.571. The summed E-state index contributed by atoms with van der Waals surface area (Å²) in [4.78, 5) is 14.4. The number of para-hydroxylation sites is 1. The van der Waals surface area contributed by atoms with Gasteiger partial charge in [-0.15, -0.1) is 0 Å². The molecule has 1 unspecified atom stereocenters. The molecular formula is C17H25N3O. The molecule has 3 N–H and O–H groups in total. The number of rotatable bonds is 7. The molecule has 2 aliphatic carbocycles. The average Bonchev–Trinajstić information content (AvgIpc) is 3.31. The van der Waals surface area contributed by atoms with Crippen LogP contribution in [0.2, 0.25) is 0 Å². The fourth-order valence-electron chi connectivity index (χ4n) is 3.26. The zero-order valence-corrected chi connectivity index (χ0v) is 12.9. The molecule has 0 heterocycles. The summed E-state index contributed by atoms with van der Waals surface area (Å²) < 4.78 is 0. The number of primary amides is 1. The highest BCUT2D eigenvalue weighted by Gasteiger charge is 2.52. The van der Waals surface area contributed by atoms with Crippen LogP contribution in [-0.4, -0.2) is 31.1 Å². The van der Waals surface area contributed by atoms with Gasteiger partial charge in [-0.25, -0.2) is 0 Å². The van der Waals surface area contributed by atoms with Gasteiger partial charge in [0, 0.05) is 25.3 Å². The lowest BCUT2D eigenvalue weighted by atomic mass is 9.90. The number of hydrogen-bond acceptors (Lipinski definition) is 3. The number of nitrogens with one attached hydrogen (secondary N) is 1. The maximum atomic E-state index is 12.3. The van der Waals surface area contributed by atoms with Gasteiger partial charge in [-0.2, -0.15) is 0 Å². The van der Waals surface area contributed by atoms with E-state index in [9.17, 15) is 4.79 Å². The van der Waals surface area contributed by atoms with Crippen molar-refractivity contribution in [1.82, 2.24) is 5.32 Å². The quantitative estimate of drug-likeness (QED) is 0.804. The summed E-state index contributed by atoms with van der Waals surface area (Å²) in [6.45, 7) is 2.75. The van der Waals surface area contributed by atoms with Gasteiger partial charge in [0.25, 0.3) is 0 Å². The van der Waals surface area contributed by atoms with Crippen molar-refractivity contribution in [2.75, 3.05) is 18.5 Å². The third-order valence-electron chi connectivity index (χ3n) is 4.77. The van der Waals surface area contributed by atoms with E-state index < -0.39 is 5.54 Å². The highest BCUT2D eigenvalue weighted by Crippen LogP contribution is 2.42. The van der Waals surface area contributed by atoms with Crippen molar-refractivity contribution in [3.05, 3.63) is 29.8 Å². The van der Waals surface area contributed by atoms with Gasteiger partial charge in [-0.3, -0.25) is 10.1 Å². The van der Waals surface area contributed by atoms with Crippen LogP contribution >= 0.6 is 0 Å². The van der Waals surface area contributed by atoms with Crippen LogP contribution in [0.25, 0.3) is 0 Å². The molecule has 1 amide bonds. The van der Waals surface area contributed by atoms with E-state index in [1.807, 2.05) is 12.1 Å². The lowest BCUT2D eigenvalue weighted by molar-refractivity contribution is -0.125. The molecule has 114 valence electrons. The highest BCUT2D eigenvalue weighted by atomic mass is 16.1. The molecule has 0 aromatic heterocycles. The van der Waals surface area contributed by atoms with Crippen molar-refractivity contribution in [3.63, 3.8) is 0 Å². The first kappa shape index (κ1) is 14.4. The molecule has 0 spiro atoms. The number of hydrogen-bond donors (Lipinski definition) is 2. The summed E-state index contributed by atoms with van der Waals surface area (Å²) in [6, 6.07) is 8.76. The molecule has 0 saturated heterocycles. The van der Waals surface area contributed by atoms with Crippen LogP contribution in [-0.2, 0) is 4.79 Å². The second-order valence-corrected chi connectivity index (χ2v) is 6.67. The summed E-state index contributed by atoms with van der Waals surface area (Å²) in [5, 5.41) is 3.57. The standard InChI is InChI=1S/C17H25N3O/c1-12-5-3-4-6-15(12)20(2)11-17(16(18)21,13-7-8-13)19-14-9-10-14/h3-6,13-14,19H,7-11H2,1-2H3,(H2,18,21). The van der Waals surface area contributed by atoms with E-state index in [-0.39, 0.29) is 5.91 Å². The molecule has 21 heavy (non-hydrogen) atoms. The monoisotopic (exact) mass is 287 g/mol. The van der Waals surface area contributed by atoms with Crippen LogP contribution in [0.3, 0.4) is 0 Å². The summed E-state index contributed by atoms with van der Waals surface area (Å²) in [5.41, 5.74) is 7.64.